The summed E-state index contributed by atoms with van der Waals surface area (Å²) in [4.78, 5) is 4.63. The molecule has 0 unspecified atom stereocenters. The van der Waals surface area contributed by atoms with E-state index in [-0.39, 0.29) is 0 Å². The number of pyridine rings is 1. The van der Waals surface area contributed by atoms with E-state index in [0.29, 0.717) is 19.7 Å². The van der Waals surface area contributed by atoms with E-state index in [0.717, 1.165) is 48.3 Å². The highest BCUT2D eigenvalue weighted by Crippen LogP contribution is 2.16. The van der Waals surface area contributed by atoms with Crippen LogP contribution in [0.5, 0.6) is 11.5 Å². The van der Waals surface area contributed by atoms with Gasteiger partial charge in [0.15, 0.2) is 11.6 Å². The minimum Gasteiger partial charge on any atom is -0.497 e. The largest absolute Gasteiger partial charge is 0.497 e. The molecular formula is C21H28N6O2. The van der Waals surface area contributed by atoms with Gasteiger partial charge >= 0.3 is 0 Å². The summed E-state index contributed by atoms with van der Waals surface area (Å²) in [5, 5.41) is 15.0. The third-order valence-corrected chi connectivity index (χ3v) is 4.28. The zero-order valence-electron chi connectivity index (χ0n) is 17.0. The number of nitrogens with one attached hydrogen (secondary N) is 2. The van der Waals surface area contributed by atoms with Gasteiger partial charge in [-0.05, 0) is 49.7 Å². The number of fused-ring (bicyclic) bond motifs is 1. The molecule has 0 spiro atoms. The first-order valence-corrected chi connectivity index (χ1v) is 9.88. The first-order valence-electron chi connectivity index (χ1n) is 9.88. The van der Waals surface area contributed by atoms with Crippen molar-refractivity contribution in [3.8, 4) is 11.5 Å². The molecule has 2 N–H and O–H groups in total. The molecule has 0 fully saturated rings. The topological polar surface area (TPSA) is 85.1 Å². The lowest BCUT2D eigenvalue weighted by Crippen LogP contribution is -2.39. The fourth-order valence-corrected chi connectivity index (χ4v) is 2.84. The second kappa shape index (κ2) is 10.9. The maximum atomic E-state index is 5.73. The molecule has 0 radical (unpaired) electrons. The summed E-state index contributed by atoms with van der Waals surface area (Å²) in [6.07, 6.45) is 3.71. The Labute approximate surface area is 171 Å². The number of rotatable bonds is 10. The number of aliphatic imine (C=N–C) groups is 1. The van der Waals surface area contributed by atoms with Crippen LogP contribution in [0.1, 0.15) is 19.2 Å². The first-order chi connectivity index (χ1) is 14.3. The Balaban J connectivity index is 1.40. The standard InChI is InChI=1S/C21H28N6O2/c1-3-22-21(24-14-16-29-18-11-9-17(28-2)10-12-18)23-13-6-8-20-26-25-19-7-4-5-15-27(19)20/h4-5,7,9-12,15H,3,6,8,13-14,16H2,1-2H3,(H2,22,23,24). The molecule has 1 aromatic carbocycles. The number of nitrogens with zero attached hydrogens (tertiary/aromatic N) is 4. The summed E-state index contributed by atoms with van der Waals surface area (Å²) in [5.41, 5.74) is 0.873. The normalized spacial score (nSPS) is 11.4. The van der Waals surface area contributed by atoms with Crippen molar-refractivity contribution in [2.75, 3.05) is 33.4 Å². The van der Waals surface area contributed by atoms with Crippen LogP contribution in [0, 0.1) is 0 Å². The summed E-state index contributed by atoms with van der Waals surface area (Å²) in [6, 6.07) is 13.5. The predicted octanol–water partition coefficient (Wildman–Crippen LogP) is 2.30. The Bertz CT molecular complexity index is 907. The van der Waals surface area contributed by atoms with E-state index in [4.69, 9.17) is 9.47 Å². The highest BCUT2D eigenvalue weighted by Gasteiger charge is 2.04. The van der Waals surface area contributed by atoms with Gasteiger partial charge in [-0.2, -0.15) is 0 Å². The zero-order chi connectivity index (χ0) is 20.3. The van der Waals surface area contributed by atoms with Crippen LogP contribution in [0.4, 0.5) is 0 Å². The van der Waals surface area contributed by atoms with E-state index in [1.165, 1.54) is 0 Å². The van der Waals surface area contributed by atoms with Crippen molar-refractivity contribution < 1.29 is 9.47 Å². The molecule has 0 amide bonds. The van der Waals surface area contributed by atoms with Crippen LogP contribution in [0.2, 0.25) is 0 Å². The maximum Gasteiger partial charge on any atom is 0.191 e. The third-order valence-electron chi connectivity index (χ3n) is 4.28. The zero-order valence-corrected chi connectivity index (χ0v) is 17.0. The highest BCUT2D eigenvalue weighted by atomic mass is 16.5. The van der Waals surface area contributed by atoms with Crippen LogP contribution < -0.4 is 20.1 Å². The van der Waals surface area contributed by atoms with Crippen molar-refractivity contribution in [3.05, 3.63) is 54.5 Å². The summed E-state index contributed by atoms with van der Waals surface area (Å²) in [6.45, 7) is 4.76. The molecule has 2 aromatic heterocycles. The van der Waals surface area contributed by atoms with Crippen molar-refractivity contribution in [1.82, 2.24) is 25.2 Å². The predicted molar refractivity (Wildman–Crippen MR) is 114 cm³/mol. The van der Waals surface area contributed by atoms with Crippen molar-refractivity contribution in [2.24, 2.45) is 4.99 Å². The van der Waals surface area contributed by atoms with E-state index < -0.39 is 0 Å². The number of guanidine groups is 1. The number of aromatic nitrogens is 3. The summed E-state index contributed by atoms with van der Waals surface area (Å²) in [5.74, 6) is 3.38. The van der Waals surface area contributed by atoms with E-state index in [2.05, 4.69) is 25.8 Å². The second-order valence-electron chi connectivity index (χ2n) is 6.36. The van der Waals surface area contributed by atoms with Gasteiger partial charge in [-0.25, -0.2) is 0 Å². The number of hydrogen-bond donors (Lipinski definition) is 2. The van der Waals surface area contributed by atoms with Crippen LogP contribution in [0.3, 0.4) is 0 Å². The average Bonchev–Trinajstić information content (AvgIpc) is 3.17. The van der Waals surface area contributed by atoms with Crippen molar-refractivity contribution >= 4 is 11.6 Å². The van der Waals surface area contributed by atoms with Gasteiger partial charge in [-0.1, -0.05) is 6.07 Å². The summed E-state index contributed by atoms with van der Waals surface area (Å²) >= 11 is 0. The van der Waals surface area contributed by atoms with Gasteiger partial charge in [-0.15, -0.1) is 10.2 Å². The minimum absolute atomic E-state index is 0.544. The highest BCUT2D eigenvalue weighted by molar-refractivity contribution is 5.79. The molecule has 8 nitrogen and oxygen atoms in total. The summed E-state index contributed by atoms with van der Waals surface area (Å²) < 4.78 is 12.9. The van der Waals surface area contributed by atoms with Gasteiger partial charge in [0.2, 0.25) is 0 Å². The van der Waals surface area contributed by atoms with Crippen LogP contribution in [-0.2, 0) is 6.42 Å². The molecule has 154 valence electrons. The van der Waals surface area contributed by atoms with Gasteiger partial charge in [0.25, 0.3) is 0 Å². The van der Waals surface area contributed by atoms with Crippen LogP contribution >= 0.6 is 0 Å². The number of methoxy groups -OCH3 is 1. The number of hydrogen-bond acceptors (Lipinski definition) is 5. The number of benzene rings is 1. The maximum absolute atomic E-state index is 5.73. The minimum atomic E-state index is 0.544. The van der Waals surface area contributed by atoms with Gasteiger partial charge in [0.1, 0.15) is 23.9 Å². The smallest absolute Gasteiger partial charge is 0.191 e. The van der Waals surface area contributed by atoms with Gasteiger partial charge in [-0.3, -0.25) is 9.39 Å². The van der Waals surface area contributed by atoms with Crippen LogP contribution in [0.15, 0.2) is 53.7 Å². The fraction of sp³-hybridized carbons (Fsp3) is 0.381. The molecule has 0 saturated carbocycles. The quantitative estimate of drug-likeness (QED) is 0.311. The van der Waals surface area contributed by atoms with E-state index in [1.54, 1.807) is 7.11 Å². The molecular weight excluding hydrogens is 368 g/mol. The molecule has 0 aliphatic heterocycles. The van der Waals surface area contributed by atoms with Gasteiger partial charge in [0, 0.05) is 25.7 Å². The lowest BCUT2D eigenvalue weighted by molar-refractivity contribution is 0.321. The molecule has 0 saturated heterocycles. The Kier molecular flexibility index (Phi) is 7.68. The monoisotopic (exact) mass is 396 g/mol. The number of aryl methyl sites for hydroxylation is 1. The number of ether oxygens (including phenoxy) is 2. The Morgan fingerprint density at radius 2 is 1.90 bits per heavy atom. The Hall–Kier alpha value is -3.29. The van der Waals surface area contributed by atoms with E-state index in [1.807, 2.05) is 60.0 Å². The molecule has 29 heavy (non-hydrogen) atoms. The molecule has 3 rings (SSSR count). The van der Waals surface area contributed by atoms with Crippen LogP contribution in [0.25, 0.3) is 5.65 Å². The van der Waals surface area contributed by atoms with Gasteiger partial charge in [0.05, 0.1) is 13.7 Å². The van der Waals surface area contributed by atoms with Crippen LogP contribution in [-0.4, -0.2) is 53.9 Å². The molecule has 3 aromatic rings. The Morgan fingerprint density at radius 1 is 1.07 bits per heavy atom. The van der Waals surface area contributed by atoms with Crippen molar-refractivity contribution in [1.29, 1.82) is 0 Å². The van der Waals surface area contributed by atoms with Crippen molar-refractivity contribution in [2.45, 2.75) is 19.8 Å². The lowest BCUT2D eigenvalue weighted by atomic mass is 10.3. The SMILES string of the molecule is CCNC(=NCCCc1nnc2ccccn12)NCCOc1ccc(OC)cc1. The fourth-order valence-electron chi connectivity index (χ4n) is 2.84. The summed E-state index contributed by atoms with van der Waals surface area (Å²) in [7, 11) is 1.65. The van der Waals surface area contributed by atoms with Crippen molar-refractivity contribution in [3.63, 3.8) is 0 Å². The molecule has 0 aliphatic rings. The Morgan fingerprint density at radius 3 is 2.69 bits per heavy atom. The lowest BCUT2D eigenvalue weighted by Gasteiger charge is -2.12. The molecule has 8 heteroatoms. The van der Waals surface area contributed by atoms with E-state index >= 15 is 0 Å². The first kappa shape index (κ1) is 20.4. The van der Waals surface area contributed by atoms with E-state index in [9.17, 15) is 0 Å². The molecule has 2 heterocycles. The van der Waals surface area contributed by atoms with Gasteiger partial charge < -0.3 is 20.1 Å². The molecule has 0 bridgehead atoms. The second-order valence-corrected chi connectivity index (χ2v) is 6.36. The molecule has 0 atom stereocenters. The molecule has 0 aliphatic carbocycles. The third kappa shape index (κ3) is 6.10. The average molecular weight is 396 g/mol.